The van der Waals surface area contributed by atoms with E-state index < -0.39 is 4.92 Å². The number of nitro benzene ring substituents is 1. The number of nitrogens with one attached hydrogen (secondary N) is 1. The predicted molar refractivity (Wildman–Crippen MR) is 109 cm³/mol. The van der Waals surface area contributed by atoms with Crippen LogP contribution in [-0.2, 0) is 24.2 Å². The van der Waals surface area contributed by atoms with E-state index in [9.17, 15) is 14.9 Å². The van der Waals surface area contributed by atoms with Gasteiger partial charge < -0.3 is 5.32 Å². The summed E-state index contributed by atoms with van der Waals surface area (Å²) >= 11 is 0. The number of hydrogen-bond acceptors (Lipinski definition) is 4. The van der Waals surface area contributed by atoms with Gasteiger partial charge in [0.15, 0.2) is 0 Å². The minimum atomic E-state index is -0.440. The minimum absolute atomic E-state index is 0.00861. The summed E-state index contributed by atoms with van der Waals surface area (Å²) < 4.78 is 0. The number of carbonyl (C=O) groups excluding carboxylic acids is 1. The second kappa shape index (κ2) is 8.97. The Morgan fingerprint density at radius 2 is 1.82 bits per heavy atom. The molecule has 2 aromatic rings. The number of carbonyl (C=O) groups is 1. The van der Waals surface area contributed by atoms with Gasteiger partial charge in [-0.05, 0) is 23.5 Å². The second-order valence-corrected chi connectivity index (χ2v) is 7.67. The van der Waals surface area contributed by atoms with E-state index >= 15 is 0 Å². The molecule has 6 nitrogen and oxygen atoms in total. The van der Waals surface area contributed by atoms with Crippen molar-refractivity contribution in [3.05, 3.63) is 75.3 Å². The number of hydrogen-bond donors (Lipinski definition) is 1. The molecule has 1 amide bonds. The third-order valence-corrected chi connectivity index (χ3v) is 5.45. The fourth-order valence-corrected chi connectivity index (χ4v) is 3.88. The smallest absolute Gasteiger partial charge is 0.273 e. The van der Waals surface area contributed by atoms with Crippen LogP contribution in [0.2, 0.25) is 0 Å². The second-order valence-electron chi connectivity index (χ2n) is 7.67. The highest BCUT2D eigenvalue weighted by molar-refractivity contribution is 5.79. The van der Waals surface area contributed by atoms with Gasteiger partial charge in [0, 0.05) is 37.3 Å². The topological polar surface area (TPSA) is 75.5 Å². The first kappa shape index (κ1) is 20.0. The number of fused-ring (bicyclic) bond motifs is 1. The molecule has 0 bridgehead atoms. The van der Waals surface area contributed by atoms with Crippen LogP contribution >= 0.6 is 0 Å². The molecule has 0 fully saturated rings. The average Bonchev–Trinajstić information content (AvgIpc) is 2.68. The molecule has 0 radical (unpaired) electrons. The van der Waals surface area contributed by atoms with E-state index in [1.165, 1.54) is 17.2 Å². The van der Waals surface area contributed by atoms with Gasteiger partial charge in [-0.25, -0.2) is 0 Å². The highest BCUT2D eigenvalue weighted by atomic mass is 16.6. The van der Waals surface area contributed by atoms with Gasteiger partial charge in [-0.2, -0.15) is 0 Å². The maximum absolute atomic E-state index is 12.4. The molecular formula is C22H27N3O3. The van der Waals surface area contributed by atoms with Crippen LogP contribution in [-0.4, -0.2) is 34.9 Å². The molecule has 0 spiro atoms. The van der Waals surface area contributed by atoms with Crippen LogP contribution in [0.25, 0.3) is 0 Å². The van der Waals surface area contributed by atoms with Gasteiger partial charge >= 0.3 is 0 Å². The van der Waals surface area contributed by atoms with Crippen molar-refractivity contribution in [2.24, 2.45) is 5.92 Å². The summed E-state index contributed by atoms with van der Waals surface area (Å²) in [5.74, 6) is 0.203. The zero-order valence-corrected chi connectivity index (χ0v) is 16.4. The Hall–Kier alpha value is -2.73. The average molecular weight is 381 g/mol. The Bertz CT molecular complexity index is 850. The number of amides is 1. The lowest BCUT2D eigenvalue weighted by Crippen LogP contribution is -2.48. The van der Waals surface area contributed by atoms with Crippen molar-refractivity contribution in [1.29, 1.82) is 0 Å². The van der Waals surface area contributed by atoms with E-state index in [-0.39, 0.29) is 24.1 Å². The SMILES string of the molecule is CC(C)[C@@H](CNC(=O)Cc1ccccc1[N+](=O)[O-])N1CCc2ccccc2C1. The number of benzene rings is 2. The molecule has 3 rings (SSSR count). The Balaban J connectivity index is 1.61. The first-order valence-electron chi connectivity index (χ1n) is 9.75. The lowest BCUT2D eigenvalue weighted by atomic mass is 9.95. The van der Waals surface area contributed by atoms with Crippen LogP contribution in [0, 0.1) is 16.0 Å². The molecule has 0 saturated heterocycles. The van der Waals surface area contributed by atoms with E-state index in [1.54, 1.807) is 18.2 Å². The van der Waals surface area contributed by atoms with Gasteiger partial charge in [-0.3, -0.25) is 19.8 Å². The molecule has 1 aliphatic rings. The molecule has 0 aromatic heterocycles. The largest absolute Gasteiger partial charge is 0.354 e. The minimum Gasteiger partial charge on any atom is -0.354 e. The van der Waals surface area contributed by atoms with E-state index in [0.29, 0.717) is 18.0 Å². The number of nitro groups is 1. The maximum Gasteiger partial charge on any atom is 0.273 e. The summed E-state index contributed by atoms with van der Waals surface area (Å²) in [6.45, 7) is 6.73. The Morgan fingerprint density at radius 3 is 2.54 bits per heavy atom. The van der Waals surface area contributed by atoms with Crippen molar-refractivity contribution >= 4 is 11.6 Å². The molecule has 28 heavy (non-hydrogen) atoms. The van der Waals surface area contributed by atoms with E-state index in [1.807, 2.05) is 0 Å². The summed E-state index contributed by atoms with van der Waals surface area (Å²) in [7, 11) is 0. The molecule has 0 aliphatic carbocycles. The maximum atomic E-state index is 12.4. The third-order valence-electron chi connectivity index (χ3n) is 5.45. The van der Waals surface area contributed by atoms with Crippen molar-refractivity contribution in [3.63, 3.8) is 0 Å². The summed E-state index contributed by atoms with van der Waals surface area (Å²) in [6, 6.07) is 15.1. The van der Waals surface area contributed by atoms with Crippen molar-refractivity contribution in [2.75, 3.05) is 13.1 Å². The normalized spacial score (nSPS) is 15.1. The number of para-hydroxylation sites is 1. The number of rotatable bonds is 7. The van der Waals surface area contributed by atoms with Crippen LogP contribution in [0.1, 0.15) is 30.5 Å². The van der Waals surface area contributed by atoms with Gasteiger partial charge in [0.1, 0.15) is 0 Å². The molecule has 2 aromatic carbocycles. The van der Waals surface area contributed by atoms with Crippen LogP contribution < -0.4 is 5.32 Å². The molecule has 1 aliphatic heterocycles. The molecule has 6 heteroatoms. The first-order valence-corrected chi connectivity index (χ1v) is 9.75. The fourth-order valence-electron chi connectivity index (χ4n) is 3.88. The van der Waals surface area contributed by atoms with Gasteiger partial charge in [0.25, 0.3) is 5.69 Å². The zero-order chi connectivity index (χ0) is 20.1. The van der Waals surface area contributed by atoms with Gasteiger partial charge in [0.2, 0.25) is 5.91 Å². The fraction of sp³-hybridized carbons (Fsp3) is 0.409. The summed E-state index contributed by atoms with van der Waals surface area (Å²) in [5.41, 5.74) is 3.19. The van der Waals surface area contributed by atoms with Gasteiger partial charge in [-0.1, -0.05) is 56.3 Å². The molecule has 1 atom stereocenters. The molecule has 1 heterocycles. The monoisotopic (exact) mass is 381 g/mol. The molecule has 0 unspecified atom stereocenters. The van der Waals surface area contributed by atoms with Crippen molar-refractivity contribution in [3.8, 4) is 0 Å². The van der Waals surface area contributed by atoms with Gasteiger partial charge in [0.05, 0.1) is 11.3 Å². The van der Waals surface area contributed by atoms with E-state index in [4.69, 9.17) is 0 Å². The lowest BCUT2D eigenvalue weighted by Gasteiger charge is -2.38. The van der Waals surface area contributed by atoms with Gasteiger partial charge in [-0.15, -0.1) is 0 Å². The quantitative estimate of drug-likeness (QED) is 0.590. The Morgan fingerprint density at radius 1 is 1.14 bits per heavy atom. The first-order chi connectivity index (χ1) is 13.5. The van der Waals surface area contributed by atoms with Crippen LogP contribution in [0.4, 0.5) is 5.69 Å². The van der Waals surface area contributed by atoms with Crippen LogP contribution in [0.15, 0.2) is 48.5 Å². The molecular weight excluding hydrogens is 354 g/mol. The molecule has 0 saturated carbocycles. The zero-order valence-electron chi connectivity index (χ0n) is 16.4. The highest BCUT2D eigenvalue weighted by Gasteiger charge is 2.26. The van der Waals surface area contributed by atoms with E-state index in [0.717, 1.165) is 19.5 Å². The highest BCUT2D eigenvalue weighted by Crippen LogP contribution is 2.23. The van der Waals surface area contributed by atoms with E-state index in [2.05, 4.69) is 48.3 Å². The van der Waals surface area contributed by atoms with Crippen LogP contribution in [0.3, 0.4) is 0 Å². The van der Waals surface area contributed by atoms with Crippen molar-refractivity contribution < 1.29 is 9.72 Å². The molecule has 148 valence electrons. The summed E-state index contributed by atoms with van der Waals surface area (Å²) in [4.78, 5) is 25.6. The van der Waals surface area contributed by atoms with Crippen molar-refractivity contribution in [2.45, 2.75) is 39.3 Å². The Kier molecular flexibility index (Phi) is 6.41. The van der Waals surface area contributed by atoms with Crippen LogP contribution in [0.5, 0.6) is 0 Å². The predicted octanol–water partition coefficient (Wildman–Crippen LogP) is 3.34. The number of nitrogens with zero attached hydrogens (tertiary/aromatic N) is 2. The lowest BCUT2D eigenvalue weighted by molar-refractivity contribution is -0.385. The summed E-state index contributed by atoms with van der Waals surface area (Å²) in [5, 5.41) is 14.1. The standard InChI is InChI=1S/C22H27N3O3/c1-16(2)21(24-12-11-17-7-3-4-9-19(17)15-24)14-23-22(26)13-18-8-5-6-10-20(18)25(27)28/h3-10,16,21H,11-15H2,1-2H3,(H,23,26)/t21-/m1/s1. The molecule has 1 N–H and O–H groups in total. The third kappa shape index (κ3) is 4.75. The Labute approximate surface area is 165 Å². The summed E-state index contributed by atoms with van der Waals surface area (Å²) in [6.07, 6.45) is 1.04. The van der Waals surface area contributed by atoms with Crippen molar-refractivity contribution in [1.82, 2.24) is 10.2 Å².